The summed E-state index contributed by atoms with van der Waals surface area (Å²) >= 11 is 5.52. The number of amides is 1. The number of benzene rings is 2. The maximum atomic E-state index is 12.5. The maximum Gasteiger partial charge on any atom is 0.213 e. The van der Waals surface area contributed by atoms with Crippen LogP contribution in [0.15, 0.2) is 46.9 Å². The lowest BCUT2D eigenvalue weighted by molar-refractivity contribution is -0.107. The molecule has 0 unspecified atom stereocenters. The van der Waals surface area contributed by atoms with Crippen LogP contribution < -0.4 is 4.90 Å². The third kappa shape index (κ3) is 3.27. The minimum Gasteiger partial charge on any atom is -0.318 e. The van der Waals surface area contributed by atoms with E-state index >= 15 is 0 Å². The van der Waals surface area contributed by atoms with Gasteiger partial charge in [0.25, 0.3) is 0 Å². The Morgan fingerprint density at radius 2 is 1.85 bits per heavy atom. The molecule has 0 aliphatic heterocycles. The predicted molar refractivity (Wildman–Crippen MR) is 91.2 cm³/mol. The summed E-state index contributed by atoms with van der Waals surface area (Å²) in [6.45, 7) is 0. The van der Waals surface area contributed by atoms with Crippen molar-refractivity contribution in [3.8, 4) is 0 Å². The third-order valence-electron chi connectivity index (χ3n) is 2.87. The predicted octanol–water partition coefficient (Wildman–Crippen LogP) is 3.88. The summed E-state index contributed by atoms with van der Waals surface area (Å²) in [5.41, 5.74) is 2.01. The summed E-state index contributed by atoms with van der Waals surface area (Å²) < 4.78 is 1.78. The van der Waals surface area contributed by atoms with Gasteiger partial charge in [-0.05, 0) is 65.1 Å². The van der Waals surface area contributed by atoms with Crippen molar-refractivity contribution in [2.75, 3.05) is 11.9 Å². The zero-order chi connectivity index (χ0) is 14.7. The third-order valence-corrected chi connectivity index (χ3v) is 4.30. The van der Waals surface area contributed by atoms with E-state index in [1.54, 1.807) is 31.3 Å². The zero-order valence-electron chi connectivity index (χ0n) is 10.6. The lowest BCUT2D eigenvalue weighted by Gasteiger charge is -2.11. The maximum absolute atomic E-state index is 12.5. The minimum atomic E-state index is -0.0315. The van der Waals surface area contributed by atoms with E-state index in [0.717, 1.165) is 20.1 Å². The molecule has 3 nitrogen and oxygen atoms in total. The highest BCUT2D eigenvalue weighted by Crippen LogP contribution is 2.22. The number of carbonyl (C=O) groups excluding carboxylic acids is 2. The van der Waals surface area contributed by atoms with Crippen molar-refractivity contribution in [2.24, 2.45) is 0 Å². The van der Waals surface area contributed by atoms with Gasteiger partial charge in [-0.2, -0.15) is 0 Å². The zero-order valence-corrected chi connectivity index (χ0v) is 14.4. The van der Waals surface area contributed by atoms with Crippen LogP contribution in [-0.4, -0.2) is 19.2 Å². The van der Waals surface area contributed by atoms with Gasteiger partial charge < -0.3 is 4.90 Å². The van der Waals surface area contributed by atoms with Gasteiger partial charge >= 0.3 is 0 Å². The molecule has 0 aromatic heterocycles. The average molecular weight is 444 g/mol. The smallest absolute Gasteiger partial charge is 0.213 e. The molecule has 0 heterocycles. The summed E-state index contributed by atoms with van der Waals surface area (Å²) in [6, 6.07) is 12.6. The van der Waals surface area contributed by atoms with E-state index < -0.39 is 0 Å². The van der Waals surface area contributed by atoms with Crippen LogP contribution in [0.5, 0.6) is 0 Å². The van der Waals surface area contributed by atoms with Crippen molar-refractivity contribution < 1.29 is 9.59 Å². The first-order valence-electron chi connectivity index (χ1n) is 5.81. The summed E-state index contributed by atoms with van der Waals surface area (Å²) in [5.74, 6) is -0.0315. The second kappa shape index (κ2) is 6.49. The van der Waals surface area contributed by atoms with E-state index in [2.05, 4.69) is 38.5 Å². The first kappa shape index (κ1) is 15.2. The van der Waals surface area contributed by atoms with Crippen molar-refractivity contribution in [2.45, 2.75) is 0 Å². The van der Waals surface area contributed by atoms with E-state index in [1.807, 2.05) is 18.2 Å². The Bertz CT molecular complexity index is 655. The Labute approximate surface area is 139 Å². The van der Waals surface area contributed by atoms with E-state index in [1.165, 1.54) is 4.90 Å². The van der Waals surface area contributed by atoms with Gasteiger partial charge in [-0.15, -0.1) is 0 Å². The average Bonchev–Trinajstić information content (AvgIpc) is 2.48. The molecule has 0 bridgehead atoms. The molecule has 102 valence electrons. The van der Waals surface area contributed by atoms with Crippen LogP contribution in [0.2, 0.25) is 0 Å². The molecule has 2 rings (SSSR count). The first-order chi connectivity index (χ1) is 9.52. The van der Waals surface area contributed by atoms with Gasteiger partial charge in [0, 0.05) is 31.9 Å². The van der Waals surface area contributed by atoms with Gasteiger partial charge in [-0.3, -0.25) is 9.59 Å². The Balaban J connectivity index is 2.34. The molecule has 20 heavy (non-hydrogen) atoms. The van der Waals surface area contributed by atoms with Crippen LogP contribution in [0.25, 0.3) is 0 Å². The van der Waals surface area contributed by atoms with Gasteiger partial charge in [0.2, 0.25) is 6.41 Å². The molecule has 0 saturated heterocycles. The van der Waals surface area contributed by atoms with Crippen LogP contribution in [0.1, 0.15) is 15.9 Å². The fourth-order valence-corrected chi connectivity index (χ4v) is 2.68. The normalized spacial score (nSPS) is 10.2. The standard InChI is InChI=1S/C15H11BrINO2/c1-18(9-19)12-5-2-10(3-6-12)15(20)13-8-11(16)4-7-14(13)17/h2-9H,1H3. The molecule has 2 aromatic rings. The van der Waals surface area contributed by atoms with Gasteiger partial charge in [0.15, 0.2) is 5.78 Å². The summed E-state index contributed by atoms with van der Waals surface area (Å²) in [4.78, 5) is 24.6. The number of carbonyl (C=O) groups is 2. The van der Waals surface area contributed by atoms with Crippen LogP contribution in [0.3, 0.4) is 0 Å². The van der Waals surface area contributed by atoms with Gasteiger partial charge in [0.1, 0.15) is 0 Å². The number of halogens is 2. The van der Waals surface area contributed by atoms with E-state index in [9.17, 15) is 9.59 Å². The topological polar surface area (TPSA) is 37.4 Å². The molecular weight excluding hydrogens is 433 g/mol. The molecule has 0 aliphatic carbocycles. The van der Waals surface area contributed by atoms with Crippen molar-refractivity contribution >= 4 is 56.4 Å². The molecule has 0 fully saturated rings. The van der Waals surface area contributed by atoms with Crippen molar-refractivity contribution in [3.63, 3.8) is 0 Å². The monoisotopic (exact) mass is 443 g/mol. The van der Waals surface area contributed by atoms with Crippen LogP contribution in [0, 0.1) is 3.57 Å². The van der Waals surface area contributed by atoms with Crippen LogP contribution in [-0.2, 0) is 4.79 Å². The molecule has 0 atom stereocenters. The van der Waals surface area contributed by atoms with E-state index in [0.29, 0.717) is 11.1 Å². The number of hydrogen-bond acceptors (Lipinski definition) is 2. The Hall–Kier alpha value is -1.21. The van der Waals surface area contributed by atoms with Crippen molar-refractivity contribution in [1.29, 1.82) is 0 Å². The highest BCUT2D eigenvalue weighted by Gasteiger charge is 2.13. The van der Waals surface area contributed by atoms with Crippen LogP contribution in [0.4, 0.5) is 5.69 Å². The fraction of sp³-hybridized carbons (Fsp3) is 0.0667. The Morgan fingerprint density at radius 1 is 1.20 bits per heavy atom. The number of anilines is 1. The summed E-state index contributed by atoms with van der Waals surface area (Å²) in [7, 11) is 1.67. The van der Waals surface area contributed by atoms with Gasteiger partial charge in [-0.25, -0.2) is 0 Å². The summed E-state index contributed by atoms with van der Waals surface area (Å²) in [5, 5.41) is 0. The Morgan fingerprint density at radius 3 is 2.45 bits per heavy atom. The van der Waals surface area contributed by atoms with Gasteiger partial charge in [-0.1, -0.05) is 15.9 Å². The second-order valence-electron chi connectivity index (χ2n) is 4.22. The lowest BCUT2D eigenvalue weighted by Crippen LogP contribution is -2.13. The fourth-order valence-electron chi connectivity index (χ4n) is 1.74. The van der Waals surface area contributed by atoms with Gasteiger partial charge in [0.05, 0.1) is 0 Å². The molecule has 2 aromatic carbocycles. The number of ketones is 1. The molecule has 0 aliphatic rings. The quantitative estimate of drug-likeness (QED) is 0.408. The summed E-state index contributed by atoms with van der Waals surface area (Å²) in [6.07, 6.45) is 0.730. The van der Waals surface area contributed by atoms with E-state index in [4.69, 9.17) is 0 Å². The highest BCUT2D eigenvalue weighted by atomic mass is 127. The van der Waals surface area contributed by atoms with Crippen LogP contribution >= 0.6 is 38.5 Å². The van der Waals surface area contributed by atoms with Crippen molar-refractivity contribution in [3.05, 3.63) is 61.6 Å². The molecular formula is C15H11BrINO2. The molecule has 0 saturated carbocycles. The highest BCUT2D eigenvalue weighted by molar-refractivity contribution is 14.1. The largest absolute Gasteiger partial charge is 0.318 e. The first-order valence-corrected chi connectivity index (χ1v) is 7.68. The number of hydrogen-bond donors (Lipinski definition) is 0. The minimum absolute atomic E-state index is 0.0315. The van der Waals surface area contributed by atoms with E-state index in [-0.39, 0.29) is 5.78 Å². The molecule has 0 radical (unpaired) electrons. The SMILES string of the molecule is CN(C=O)c1ccc(C(=O)c2cc(Br)ccc2I)cc1. The molecule has 1 amide bonds. The number of nitrogens with zero attached hydrogens (tertiary/aromatic N) is 1. The molecule has 0 spiro atoms. The van der Waals surface area contributed by atoms with Crippen molar-refractivity contribution in [1.82, 2.24) is 0 Å². The lowest BCUT2D eigenvalue weighted by atomic mass is 10.0. The molecule has 5 heteroatoms. The number of rotatable bonds is 4. The second-order valence-corrected chi connectivity index (χ2v) is 6.29. The molecule has 0 N–H and O–H groups in total. The Kier molecular flexibility index (Phi) is 4.93.